The van der Waals surface area contributed by atoms with E-state index in [2.05, 4.69) is 16.9 Å². The van der Waals surface area contributed by atoms with Gasteiger partial charge in [0.05, 0.1) is 6.54 Å². The molecular weight excluding hydrogens is 325 g/mol. The number of aliphatic imine (C=N–C) groups is 1. The van der Waals surface area contributed by atoms with Crippen LogP contribution in [0.2, 0.25) is 0 Å². The number of guanidine groups is 1. The van der Waals surface area contributed by atoms with Crippen molar-refractivity contribution in [3.05, 3.63) is 12.2 Å². The van der Waals surface area contributed by atoms with Gasteiger partial charge in [-0.2, -0.15) is 0 Å². The second-order valence-electron chi connectivity index (χ2n) is 5.39. The average molecular weight is 349 g/mol. The number of nitrogens with one attached hydrogen (secondary N) is 1. The Morgan fingerprint density at radius 3 is 2.71 bits per heavy atom. The fraction of sp³-hybridized carbons (Fsp3) is 0.769. The van der Waals surface area contributed by atoms with Gasteiger partial charge in [-0.15, -0.1) is 24.0 Å². The van der Waals surface area contributed by atoms with E-state index < -0.39 is 0 Å². The van der Waals surface area contributed by atoms with Gasteiger partial charge in [0.15, 0.2) is 5.96 Å². The molecule has 2 rings (SSSR count). The van der Waals surface area contributed by atoms with E-state index in [1.165, 1.54) is 25.7 Å². The third-order valence-electron chi connectivity index (χ3n) is 3.80. The summed E-state index contributed by atoms with van der Waals surface area (Å²) in [7, 11) is 0. The SMILES string of the molecule is C=C(C)CN=C(N)NC[C@@H]1C[C@H]1C1CCC1.I. The zero-order valence-electron chi connectivity index (χ0n) is 10.6. The Hall–Kier alpha value is -0.260. The van der Waals surface area contributed by atoms with Crippen LogP contribution in [-0.2, 0) is 0 Å². The van der Waals surface area contributed by atoms with E-state index in [4.69, 9.17) is 5.73 Å². The molecule has 98 valence electrons. The van der Waals surface area contributed by atoms with E-state index in [1.807, 2.05) is 6.92 Å². The van der Waals surface area contributed by atoms with Crippen molar-refractivity contribution in [3.63, 3.8) is 0 Å². The number of nitrogens with zero attached hydrogens (tertiary/aromatic N) is 1. The Bertz CT molecular complexity index is 297. The summed E-state index contributed by atoms with van der Waals surface area (Å²) >= 11 is 0. The summed E-state index contributed by atoms with van der Waals surface area (Å²) in [6.07, 6.45) is 5.76. The molecule has 17 heavy (non-hydrogen) atoms. The minimum absolute atomic E-state index is 0. The Morgan fingerprint density at radius 1 is 1.47 bits per heavy atom. The number of nitrogens with two attached hydrogens (primary N) is 1. The summed E-state index contributed by atoms with van der Waals surface area (Å²) < 4.78 is 0. The van der Waals surface area contributed by atoms with Gasteiger partial charge in [0.1, 0.15) is 0 Å². The second kappa shape index (κ2) is 6.61. The Labute approximate surface area is 121 Å². The minimum atomic E-state index is 0. The van der Waals surface area contributed by atoms with Crippen LogP contribution in [0.15, 0.2) is 17.1 Å². The van der Waals surface area contributed by atoms with Gasteiger partial charge in [0.25, 0.3) is 0 Å². The fourth-order valence-corrected chi connectivity index (χ4v) is 2.46. The van der Waals surface area contributed by atoms with Gasteiger partial charge < -0.3 is 11.1 Å². The lowest BCUT2D eigenvalue weighted by Gasteiger charge is -2.25. The molecule has 2 aliphatic carbocycles. The number of hydrogen-bond acceptors (Lipinski definition) is 1. The van der Waals surface area contributed by atoms with E-state index in [-0.39, 0.29) is 24.0 Å². The molecule has 2 saturated carbocycles. The predicted octanol–water partition coefficient (Wildman–Crippen LogP) is 2.52. The first kappa shape index (κ1) is 14.8. The lowest BCUT2D eigenvalue weighted by Crippen LogP contribution is -2.34. The highest BCUT2D eigenvalue weighted by molar-refractivity contribution is 14.0. The van der Waals surface area contributed by atoms with Crippen LogP contribution in [-0.4, -0.2) is 19.0 Å². The van der Waals surface area contributed by atoms with E-state index >= 15 is 0 Å². The first-order chi connectivity index (χ1) is 7.66. The van der Waals surface area contributed by atoms with Crippen molar-refractivity contribution < 1.29 is 0 Å². The quantitative estimate of drug-likeness (QED) is 0.347. The minimum Gasteiger partial charge on any atom is -0.370 e. The summed E-state index contributed by atoms with van der Waals surface area (Å²) in [4.78, 5) is 4.21. The van der Waals surface area contributed by atoms with E-state index in [0.29, 0.717) is 12.5 Å². The van der Waals surface area contributed by atoms with Gasteiger partial charge in [-0.3, -0.25) is 0 Å². The van der Waals surface area contributed by atoms with E-state index in [1.54, 1.807) is 0 Å². The van der Waals surface area contributed by atoms with Gasteiger partial charge >= 0.3 is 0 Å². The molecule has 2 atom stereocenters. The number of rotatable bonds is 5. The molecule has 0 radical (unpaired) electrons. The summed E-state index contributed by atoms with van der Waals surface area (Å²) in [5, 5.41) is 3.22. The van der Waals surface area contributed by atoms with Crippen LogP contribution < -0.4 is 11.1 Å². The maximum atomic E-state index is 5.76. The maximum absolute atomic E-state index is 5.76. The van der Waals surface area contributed by atoms with Crippen LogP contribution in [0.1, 0.15) is 32.6 Å². The molecule has 0 unspecified atom stereocenters. The van der Waals surface area contributed by atoms with Crippen molar-refractivity contribution in [2.24, 2.45) is 28.5 Å². The highest BCUT2D eigenvalue weighted by Gasteiger charge is 2.44. The van der Waals surface area contributed by atoms with Crippen molar-refractivity contribution in [2.45, 2.75) is 32.6 Å². The molecule has 0 spiro atoms. The Kier molecular flexibility index (Phi) is 5.76. The lowest BCUT2D eigenvalue weighted by atomic mass is 9.81. The molecule has 0 saturated heterocycles. The molecule has 4 heteroatoms. The monoisotopic (exact) mass is 349 g/mol. The van der Waals surface area contributed by atoms with Gasteiger partial charge in [-0.05, 0) is 31.1 Å². The van der Waals surface area contributed by atoms with E-state index in [9.17, 15) is 0 Å². The van der Waals surface area contributed by atoms with Crippen LogP contribution in [0, 0.1) is 17.8 Å². The second-order valence-corrected chi connectivity index (χ2v) is 5.39. The largest absolute Gasteiger partial charge is 0.370 e. The fourth-order valence-electron chi connectivity index (χ4n) is 2.46. The number of halogens is 1. The molecule has 0 aromatic rings. The topological polar surface area (TPSA) is 50.4 Å². The first-order valence-corrected chi connectivity index (χ1v) is 6.35. The summed E-state index contributed by atoms with van der Waals surface area (Å²) in [5.41, 5.74) is 6.81. The molecule has 2 fully saturated rings. The third kappa shape index (κ3) is 4.48. The van der Waals surface area contributed by atoms with Crippen LogP contribution in [0.4, 0.5) is 0 Å². The highest BCUT2D eigenvalue weighted by atomic mass is 127. The summed E-state index contributed by atoms with van der Waals surface area (Å²) in [5.74, 6) is 3.43. The predicted molar refractivity (Wildman–Crippen MR) is 83.7 cm³/mol. The molecule has 0 aliphatic heterocycles. The molecule has 3 nitrogen and oxygen atoms in total. The summed E-state index contributed by atoms with van der Waals surface area (Å²) in [6.45, 7) is 7.40. The van der Waals surface area contributed by atoms with Crippen LogP contribution in [0.5, 0.6) is 0 Å². The summed E-state index contributed by atoms with van der Waals surface area (Å²) in [6, 6.07) is 0. The van der Waals surface area contributed by atoms with Gasteiger partial charge in [-0.1, -0.05) is 31.4 Å². The van der Waals surface area contributed by atoms with Crippen LogP contribution in [0.25, 0.3) is 0 Å². The van der Waals surface area contributed by atoms with Crippen molar-refractivity contribution in [2.75, 3.05) is 13.1 Å². The van der Waals surface area contributed by atoms with Gasteiger partial charge in [-0.25, -0.2) is 4.99 Å². The molecule has 0 bridgehead atoms. The smallest absolute Gasteiger partial charge is 0.188 e. The van der Waals surface area contributed by atoms with Crippen molar-refractivity contribution >= 4 is 29.9 Å². The van der Waals surface area contributed by atoms with Gasteiger partial charge in [0, 0.05) is 6.54 Å². The lowest BCUT2D eigenvalue weighted by molar-refractivity contribution is 0.265. The van der Waals surface area contributed by atoms with Crippen LogP contribution >= 0.6 is 24.0 Å². The molecule has 0 aromatic heterocycles. The molecule has 0 aromatic carbocycles. The zero-order valence-corrected chi connectivity index (χ0v) is 12.9. The zero-order chi connectivity index (χ0) is 11.5. The maximum Gasteiger partial charge on any atom is 0.188 e. The van der Waals surface area contributed by atoms with Crippen molar-refractivity contribution in [1.29, 1.82) is 0 Å². The Morgan fingerprint density at radius 2 is 2.18 bits per heavy atom. The molecular formula is C13H24IN3. The standard InChI is InChI=1S/C13H23N3.HI/c1-9(2)7-15-13(14)16-8-11-6-12(11)10-4-3-5-10;/h10-12H,1,3-8H2,2H3,(H3,14,15,16);1H/t11-,12-;/m0./s1. The molecule has 3 N–H and O–H groups in total. The number of hydrogen-bond donors (Lipinski definition) is 2. The normalized spacial score (nSPS) is 27.9. The van der Waals surface area contributed by atoms with Crippen LogP contribution in [0.3, 0.4) is 0 Å². The van der Waals surface area contributed by atoms with Crippen molar-refractivity contribution in [3.8, 4) is 0 Å². The van der Waals surface area contributed by atoms with E-state index in [0.717, 1.165) is 29.9 Å². The molecule has 0 amide bonds. The highest BCUT2D eigenvalue weighted by Crippen LogP contribution is 2.51. The van der Waals surface area contributed by atoms with Crippen molar-refractivity contribution in [1.82, 2.24) is 5.32 Å². The first-order valence-electron chi connectivity index (χ1n) is 6.35. The Balaban J connectivity index is 0.00000144. The third-order valence-corrected chi connectivity index (χ3v) is 3.80. The van der Waals surface area contributed by atoms with Gasteiger partial charge in [0.2, 0.25) is 0 Å². The molecule has 2 aliphatic rings. The molecule has 0 heterocycles. The average Bonchev–Trinajstić information content (AvgIpc) is 2.88.